The molecular formula is C23H45N5O. The van der Waals surface area contributed by atoms with Gasteiger partial charge in [0.25, 0.3) is 0 Å². The molecule has 1 rings (SSSR count). The van der Waals surface area contributed by atoms with Crippen molar-refractivity contribution >= 4 is 6.34 Å². The number of nitrogens with zero attached hydrogens (tertiary/aromatic N) is 4. The smallest absolute Gasteiger partial charge is 0.0948 e. The summed E-state index contributed by atoms with van der Waals surface area (Å²) in [5.41, 5.74) is 2.78. The molecule has 168 valence electrons. The van der Waals surface area contributed by atoms with E-state index in [1.54, 1.807) is 20.5 Å². The van der Waals surface area contributed by atoms with E-state index in [-0.39, 0.29) is 12.1 Å². The van der Waals surface area contributed by atoms with Crippen molar-refractivity contribution in [2.24, 2.45) is 4.99 Å². The van der Waals surface area contributed by atoms with Crippen molar-refractivity contribution in [3.63, 3.8) is 0 Å². The Morgan fingerprint density at radius 1 is 1.31 bits per heavy atom. The van der Waals surface area contributed by atoms with E-state index in [0.29, 0.717) is 12.1 Å². The van der Waals surface area contributed by atoms with E-state index in [9.17, 15) is 0 Å². The Morgan fingerprint density at radius 2 is 1.93 bits per heavy atom. The largest absolute Gasteiger partial charge is 0.377 e. The highest BCUT2D eigenvalue weighted by atomic mass is 16.5. The van der Waals surface area contributed by atoms with Crippen molar-refractivity contribution in [3.8, 4) is 0 Å². The van der Waals surface area contributed by atoms with Crippen molar-refractivity contribution in [3.05, 3.63) is 24.0 Å². The SMILES string of the molecule is C=CN(C[C@@H](OC)C(C)NC=NC)/C(=C(/C)CC)C(C)N1CCC(N(C)C)CC1. The number of rotatable bonds is 12. The zero-order chi connectivity index (χ0) is 22.0. The van der Waals surface area contributed by atoms with E-state index >= 15 is 0 Å². The Bertz CT molecular complexity index is 537. The molecule has 1 aliphatic rings. The van der Waals surface area contributed by atoms with Crippen LogP contribution >= 0.6 is 0 Å². The monoisotopic (exact) mass is 407 g/mol. The normalized spacial score (nSPS) is 20.4. The standard InChI is InChI=1S/C23H45N5O/c1-10-18(3)23(20(5)28-14-12-21(13-15-28)26(7)8)27(11-2)16-22(29-9)19(4)25-17-24-6/h11,17,19-22H,2,10,12-16H2,1,3-9H3,(H,24,25)/b23-18-/t19?,20?,22-/m1/s1. The second kappa shape index (κ2) is 13.0. The number of methoxy groups -OCH3 is 1. The number of ether oxygens (including phenoxy) is 1. The maximum atomic E-state index is 5.82. The first-order valence-electron chi connectivity index (χ1n) is 11.0. The van der Waals surface area contributed by atoms with Crippen LogP contribution in [-0.4, -0.2) is 93.2 Å². The van der Waals surface area contributed by atoms with Crippen LogP contribution in [0.1, 0.15) is 47.0 Å². The molecule has 2 unspecified atom stereocenters. The maximum absolute atomic E-state index is 5.82. The molecule has 6 nitrogen and oxygen atoms in total. The lowest BCUT2D eigenvalue weighted by atomic mass is 9.98. The minimum Gasteiger partial charge on any atom is -0.377 e. The zero-order valence-electron chi connectivity index (χ0n) is 20.1. The molecule has 1 saturated heterocycles. The number of hydrogen-bond donors (Lipinski definition) is 1. The fourth-order valence-electron chi connectivity index (χ4n) is 4.19. The molecule has 1 fully saturated rings. The topological polar surface area (TPSA) is 43.3 Å². The lowest BCUT2D eigenvalue weighted by molar-refractivity contribution is 0.0567. The third kappa shape index (κ3) is 7.43. The molecule has 0 aromatic heterocycles. The summed E-state index contributed by atoms with van der Waals surface area (Å²) in [6.45, 7) is 16.1. The van der Waals surface area contributed by atoms with Crippen LogP contribution < -0.4 is 5.32 Å². The van der Waals surface area contributed by atoms with Crippen LogP contribution in [0.25, 0.3) is 0 Å². The zero-order valence-corrected chi connectivity index (χ0v) is 20.1. The van der Waals surface area contributed by atoms with Crippen LogP contribution in [0.5, 0.6) is 0 Å². The summed E-state index contributed by atoms with van der Waals surface area (Å²) in [7, 11) is 7.93. The molecule has 6 heteroatoms. The van der Waals surface area contributed by atoms with Gasteiger partial charge < -0.3 is 19.9 Å². The number of likely N-dealkylation sites (tertiary alicyclic amines) is 1. The molecule has 0 spiro atoms. The third-order valence-electron chi connectivity index (χ3n) is 6.37. The van der Waals surface area contributed by atoms with Gasteiger partial charge in [-0.25, -0.2) is 0 Å². The second-order valence-electron chi connectivity index (χ2n) is 8.38. The summed E-state index contributed by atoms with van der Waals surface area (Å²) in [5, 5.41) is 3.29. The van der Waals surface area contributed by atoms with Crippen LogP contribution in [0.15, 0.2) is 29.0 Å². The predicted octanol–water partition coefficient (Wildman–Crippen LogP) is 3.18. The van der Waals surface area contributed by atoms with E-state index < -0.39 is 0 Å². The van der Waals surface area contributed by atoms with Crippen LogP contribution in [-0.2, 0) is 4.74 Å². The minimum atomic E-state index is 0.0253. The number of hydrogen-bond acceptors (Lipinski definition) is 5. The van der Waals surface area contributed by atoms with Gasteiger partial charge in [-0.15, -0.1) is 0 Å². The molecule has 0 radical (unpaired) electrons. The molecular weight excluding hydrogens is 362 g/mol. The molecule has 0 aromatic rings. The Hall–Kier alpha value is -1.37. The molecule has 29 heavy (non-hydrogen) atoms. The van der Waals surface area contributed by atoms with Gasteiger partial charge in [0.1, 0.15) is 0 Å². The molecule has 0 amide bonds. The highest BCUT2D eigenvalue weighted by Gasteiger charge is 2.29. The van der Waals surface area contributed by atoms with Gasteiger partial charge in [-0.1, -0.05) is 19.1 Å². The Balaban J connectivity index is 2.98. The summed E-state index contributed by atoms with van der Waals surface area (Å²) < 4.78 is 5.82. The number of allylic oxidation sites excluding steroid dienone is 1. The Kier molecular flexibility index (Phi) is 11.5. The van der Waals surface area contributed by atoms with Crippen LogP contribution in [0.2, 0.25) is 0 Å². The summed E-state index contributed by atoms with van der Waals surface area (Å²) in [4.78, 5) is 11.3. The number of nitrogens with one attached hydrogen (secondary N) is 1. The minimum absolute atomic E-state index is 0.0253. The van der Waals surface area contributed by atoms with Crippen molar-refractivity contribution in [1.29, 1.82) is 0 Å². The summed E-state index contributed by atoms with van der Waals surface area (Å²) in [5.74, 6) is 0. The number of aliphatic imine (C=N–C) groups is 1. The van der Waals surface area contributed by atoms with E-state index in [0.717, 1.165) is 26.1 Å². The van der Waals surface area contributed by atoms with Gasteiger partial charge in [-0.05, 0) is 60.3 Å². The van der Waals surface area contributed by atoms with Crippen molar-refractivity contribution in [1.82, 2.24) is 20.0 Å². The fourth-order valence-corrected chi connectivity index (χ4v) is 4.19. The lowest BCUT2D eigenvalue weighted by Crippen LogP contribution is -2.49. The highest BCUT2D eigenvalue weighted by molar-refractivity contribution is 5.54. The lowest BCUT2D eigenvalue weighted by Gasteiger charge is -2.42. The quantitative estimate of drug-likeness (QED) is 0.398. The average Bonchev–Trinajstić information content (AvgIpc) is 2.74. The average molecular weight is 408 g/mol. The van der Waals surface area contributed by atoms with Crippen molar-refractivity contribution < 1.29 is 4.74 Å². The van der Waals surface area contributed by atoms with E-state index in [2.05, 4.69) is 73.4 Å². The number of piperidine rings is 1. The van der Waals surface area contributed by atoms with Crippen LogP contribution in [0, 0.1) is 0 Å². The molecule has 1 aliphatic heterocycles. The van der Waals surface area contributed by atoms with Crippen molar-refractivity contribution in [2.45, 2.75) is 71.2 Å². The van der Waals surface area contributed by atoms with Gasteiger partial charge in [0, 0.05) is 45.0 Å². The summed E-state index contributed by atoms with van der Waals surface area (Å²) >= 11 is 0. The van der Waals surface area contributed by atoms with Gasteiger partial charge in [0.15, 0.2) is 0 Å². The third-order valence-corrected chi connectivity index (χ3v) is 6.37. The van der Waals surface area contributed by atoms with E-state index in [1.165, 1.54) is 24.1 Å². The Morgan fingerprint density at radius 3 is 2.38 bits per heavy atom. The van der Waals surface area contributed by atoms with Gasteiger partial charge in [0.2, 0.25) is 0 Å². The first kappa shape index (κ1) is 25.7. The van der Waals surface area contributed by atoms with Gasteiger partial charge in [-0.2, -0.15) is 0 Å². The molecule has 0 saturated carbocycles. The summed E-state index contributed by atoms with van der Waals surface area (Å²) in [6.07, 6.45) is 7.21. The van der Waals surface area contributed by atoms with Gasteiger partial charge >= 0.3 is 0 Å². The van der Waals surface area contributed by atoms with Crippen LogP contribution in [0.3, 0.4) is 0 Å². The van der Waals surface area contributed by atoms with E-state index in [1.807, 2.05) is 6.20 Å². The highest BCUT2D eigenvalue weighted by Crippen LogP contribution is 2.26. The second-order valence-corrected chi connectivity index (χ2v) is 8.38. The first-order valence-corrected chi connectivity index (χ1v) is 11.0. The van der Waals surface area contributed by atoms with Crippen LogP contribution in [0.4, 0.5) is 0 Å². The van der Waals surface area contributed by atoms with E-state index in [4.69, 9.17) is 4.74 Å². The predicted molar refractivity (Wildman–Crippen MR) is 125 cm³/mol. The van der Waals surface area contributed by atoms with Crippen molar-refractivity contribution in [2.75, 3.05) is 47.9 Å². The molecule has 1 heterocycles. The molecule has 3 atom stereocenters. The molecule has 0 aromatic carbocycles. The fraction of sp³-hybridized carbons (Fsp3) is 0.783. The summed E-state index contributed by atoms with van der Waals surface area (Å²) in [6, 6.07) is 1.20. The molecule has 0 bridgehead atoms. The maximum Gasteiger partial charge on any atom is 0.0948 e. The molecule has 1 N–H and O–H groups in total. The molecule has 0 aliphatic carbocycles. The first-order chi connectivity index (χ1) is 13.8. The van der Waals surface area contributed by atoms with Gasteiger partial charge in [-0.3, -0.25) is 9.89 Å². The van der Waals surface area contributed by atoms with Gasteiger partial charge in [0.05, 0.1) is 25.0 Å². The Labute approximate surface area is 179 Å².